The monoisotopic (exact) mass is 267 g/mol. The molecule has 0 radical (unpaired) electrons. The van der Waals surface area contributed by atoms with Gasteiger partial charge in [-0.3, -0.25) is 4.79 Å². The van der Waals surface area contributed by atoms with Crippen molar-refractivity contribution in [3.63, 3.8) is 0 Å². The number of amides is 1. The van der Waals surface area contributed by atoms with Crippen LogP contribution in [0.4, 0.5) is 0 Å². The van der Waals surface area contributed by atoms with Crippen molar-refractivity contribution < 1.29 is 9.90 Å². The molecule has 3 atom stereocenters. The number of rotatable bonds is 4. The third-order valence-corrected chi connectivity index (χ3v) is 4.90. The molecule has 1 aliphatic carbocycles. The van der Waals surface area contributed by atoms with Gasteiger partial charge in [-0.25, -0.2) is 0 Å². The Hall–Kier alpha value is -0.870. The third-order valence-electron chi connectivity index (χ3n) is 4.20. The summed E-state index contributed by atoms with van der Waals surface area (Å²) in [5, 5.41) is 16.6. The van der Waals surface area contributed by atoms with E-state index in [4.69, 9.17) is 0 Å². The molecule has 0 aliphatic heterocycles. The van der Waals surface area contributed by atoms with E-state index in [1.54, 1.807) is 11.3 Å². The standard InChI is InChI=1S/C14H21NO2S/c1-10(11-5-7-18-8-11)13(17)15-12-4-3-6-14(12,2)9-16/h5,7-8,10,12,16H,3-4,6,9H2,1-2H3,(H,15,17). The average Bonchev–Trinajstić information content (AvgIpc) is 2.99. The molecule has 1 fully saturated rings. The van der Waals surface area contributed by atoms with Gasteiger partial charge < -0.3 is 10.4 Å². The van der Waals surface area contributed by atoms with Crippen molar-refractivity contribution in [1.82, 2.24) is 5.32 Å². The summed E-state index contributed by atoms with van der Waals surface area (Å²) in [5.74, 6) is -0.0419. The molecule has 4 heteroatoms. The Kier molecular flexibility index (Phi) is 4.07. The highest BCUT2D eigenvalue weighted by Crippen LogP contribution is 2.37. The van der Waals surface area contributed by atoms with Crippen LogP contribution in [0.1, 0.15) is 44.6 Å². The van der Waals surface area contributed by atoms with Crippen LogP contribution in [0.5, 0.6) is 0 Å². The first-order valence-electron chi connectivity index (χ1n) is 6.50. The van der Waals surface area contributed by atoms with Gasteiger partial charge in [-0.05, 0) is 42.2 Å². The van der Waals surface area contributed by atoms with Gasteiger partial charge in [0.1, 0.15) is 0 Å². The van der Waals surface area contributed by atoms with Crippen molar-refractivity contribution in [2.75, 3.05) is 6.61 Å². The molecule has 0 bridgehead atoms. The maximum Gasteiger partial charge on any atom is 0.227 e. The number of aliphatic hydroxyl groups is 1. The molecule has 0 spiro atoms. The van der Waals surface area contributed by atoms with E-state index in [-0.39, 0.29) is 29.9 Å². The summed E-state index contributed by atoms with van der Waals surface area (Å²) in [5.41, 5.74) is 0.922. The lowest BCUT2D eigenvalue weighted by molar-refractivity contribution is -0.123. The van der Waals surface area contributed by atoms with Gasteiger partial charge in [0, 0.05) is 11.5 Å². The normalized spacial score (nSPS) is 29.2. The zero-order valence-corrected chi connectivity index (χ0v) is 11.8. The number of hydrogen-bond acceptors (Lipinski definition) is 3. The molecule has 3 unspecified atom stereocenters. The molecule has 2 N–H and O–H groups in total. The smallest absolute Gasteiger partial charge is 0.227 e. The average molecular weight is 267 g/mol. The molecular formula is C14H21NO2S. The Morgan fingerprint density at radius 3 is 3.11 bits per heavy atom. The molecule has 0 saturated heterocycles. The summed E-state index contributed by atoms with van der Waals surface area (Å²) >= 11 is 1.61. The largest absolute Gasteiger partial charge is 0.396 e. The van der Waals surface area contributed by atoms with E-state index in [0.29, 0.717) is 0 Å². The first-order valence-corrected chi connectivity index (χ1v) is 7.44. The van der Waals surface area contributed by atoms with E-state index in [1.807, 2.05) is 23.8 Å². The van der Waals surface area contributed by atoms with Crippen molar-refractivity contribution in [2.24, 2.45) is 5.41 Å². The maximum absolute atomic E-state index is 12.2. The van der Waals surface area contributed by atoms with Gasteiger partial charge >= 0.3 is 0 Å². The van der Waals surface area contributed by atoms with Crippen molar-refractivity contribution in [3.8, 4) is 0 Å². The Labute approximate surface area is 112 Å². The van der Waals surface area contributed by atoms with Crippen LogP contribution in [0.3, 0.4) is 0 Å². The molecule has 1 aromatic heterocycles. The number of nitrogens with one attached hydrogen (secondary N) is 1. The first kappa shape index (κ1) is 13.6. The van der Waals surface area contributed by atoms with Crippen molar-refractivity contribution in [1.29, 1.82) is 0 Å². The summed E-state index contributed by atoms with van der Waals surface area (Å²) in [7, 11) is 0. The van der Waals surface area contributed by atoms with Crippen molar-refractivity contribution in [2.45, 2.75) is 45.1 Å². The fraction of sp³-hybridized carbons (Fsp3) is 0.643. The molecule has 18 heavy (non-hydrogen) atoms. The Morgan fingerprint density at radius 2 is 2.50 bits per heavy atom. The molecule has 100 valence electrons. The van der Waals surface area contributed by atoms with Crippen LogP contribution in [-0.4, -0.2) is 23.7 Å². The van der Waals surface area contributed by atoms with Gasteiger partial charge in [-0.2, -0.15) is 11.3 Å². The van der Waals surface area contributed by atoms with E-state index in [9.17, 15) is 9.90 Å². The summed E-state index contributed by atoms with van der Waals surface area (Å²) in [6, 6.07) is 2.10. The minimum Gasteiger partial charge on any atom is -0.396 e. The van der Waals surface area contributed by atoms with E-state index in [0.717, 1.165) is 24.8 Å². The van der Waals surface area contributed by atoms with Gasteiger partial charge in [0.25, 0.3) is 0 Å². The highest BCUT2D eigenvalue weighted by Gasteiger charge is 2.39. The minimum atomic E-state index is -0.149. The number of carbonyl (C=O) groups excluding carboxylic acids is 1. The highest BCUT2D eigenvalue weighted by molar-refractivity contribution is 7.08. The Balaban J connectivity index is 1.99. The second-order valence-electron chi connectivity index (χ2n) is 5.54. The predicted octanol–water partition coefficient (Wildman–Crippen LogP) is 2.52. The lowest BCUT2D eigenvalue weighted by Crippen LogP contribution is -2.46. The zero-order valence-electron chi connectivity index (χ0n) is 11.0. The van der Waals surface area contributed by atoms with Crippen LogP contribution in [0.2, 0.25) is 0 Å². The second-order valence-corrected chi connectivity index (χ2v) is 6.32. The third kappa shape index (κ3) is 2.59. The summed E-state index contributed by atoms with van der Waals surface area (Å²) in [4.78, 5) is 12.2. The number of hydrogen-bond donors (Lipinski definition) is 2. The zero-order chi connectivity index (χ0) is 13.2. The highest BCUT2D eigenvalue weighted by atomic mass is 32.1. The second kappa shape index (κ2) is 5.41. The molecule has 1 amide bonds. The minimum absolute atomic E-state index is 0.0694. The Morgan fingerprint density at radius 1 is 1.72 bits per heavy atom. The molecular weight excluding hydrogens is 246 g/mol. The van der Waals surface area contributed by atoms with Gasteiger partial charge in [0.05, 0.1) is 12.5 Å². The van der Waals surface area contributed by atoms with Crippen molar-refractivity contribution >= 4 is 17.2 Å². The van der Waals surface area contributed by atoms with Gasteiger partial charge in [0.15, 0.2) is 0 Å². The first-order chi connectivity index (χ1) is 8.57. The molecule has 0 aromatic carbocycles. The van der Waals surface area contributed by atoms with Crippen LogP contribution in [0.25, 0.3) is 0 Å². The SMILES string of the molecule is CC(C(=O)NC1CCCC1(C)CO)c1ccsc1. The van der Waals surface area contributed by atoms with Crippen LogP contribution < -0.4 is 5.32 Å². The van der Waals surface area contributed by atoms with Gasteiger partial charge in [-0.15, -0.1) is 0 Å². The maximum atomic E-state index is 12.2. The number of thiophene rings is 1. The van der Waals surface area contributed by atoms with Gasteiger partial charge in [-0.1, -0.05) is 13.3 Å². The summed E-state index contributed by atoms with van der Waals surface area (Å²) < 4.78 is 0. The van der Waals surface area contributed by atoms with E-state index < -0.39 is 0 Å². The fourth-order valence-corrected chi connectivity index (χ4v) is 3.39. The Bertz CT molecular complexity index is 404. The lowest BCUT2D eigenvalue weighted by atomic mass is 9.85. The molecule has 1 aromatic rings. The quantitative estimate of drug-likeness (QED) is 0.880. The summed E-state index contributed by atoms with van der Waals surface area (Å²) in [6.45, 7) is 4.13. The van der Waals surface area contributed by atoms with Crippen LogP contribution in [0, 0.1) is 5.41 Å². The van der Waals surface area contributed by atoms with Crippen LogP contribution in [-0.2, 0) is 4.79 Å². The van der Waals surface area contributed by atoms with Gasteiger partial charge in [0.2, 0.25) is 5.91 Å². The number of aliphatic hydroxyl groups excluding tert-OH is 1. The van der Waals surface area contributed by atoms with E-state index in [2.05, 4.69) is 12.2 Å². The molecule has 1 saturated carbocycles. The van der Waals surface area contributed by atoms with E-state index in [1.165, 1.54) is 0 Å². The summed E-state index contributed by atoms with van der Waals surface area (Å²) in [6.07, 6.45) is 3.04. The number of carbonyl (C=O) groups is 1. The van der Waals surface area contributed by atoms with Crippen LogP contribution in [0.15, 0.2) is 16.8 Å². The molecule has 3 nitrogen and oxygen atoms in total. The molecule has 2 rings (SSSR count). The topological polar surface area (TPSA) is 49.3 Å². The lowest BCUT2D eigenvalue weighted by Gasteiger charge is -2.30. The molecule has 1 aliphatic rings. The van der Waals surface area contributed by atoms with Crippen molar-refractivity contribution in [3.05, 3.63) is 22.4 Å². The molecule has 1 heterocycles. The van der Waals surface area contributed by atoms with E-state index >= 15 is 0 Å². The predicted molar refractivity (Wildman–Crippen MR) is 73.7 cm³/mol. The van der Waals surface area contributed by atoms with Crippen LogP contribution >= 0.6 is 11.3 Å². The fourth-order valence-electron chi connectivity index (χ4n) is 2.64.